The molecule has 0 aromatic rings. The molecule has 0 aliphatic heterocycles. The minimum atomic E-state index is 0.419. The van der Waals surface area contributed by atoms with Crippen molar-refractivity contribution in [1.82, 2.24) is 0 Å². The molecule has 44 valence electrons. The summed E-state index contributed by atoms with van der Waals surface area (Å²) in [6, 6.07) is 0. The fraction of sp³-hybridized carbons (Fsp3) is 0. The summed E-state index contributed by atoms with van der Waals surface area (Å²) in [6.07, 6.45) is 0. The molecule has 4 heteroatoms. The van der Waals surface area contributed by atoms with E-state index in [2.05, 4.69) is 0 Å². The smallest absolute Gasteiger partial charge is 0.0825 e. The molecular formula is C4H8N4. The molecule has 1 aliphatic rings. The van der Waals surface area contributed by atoms with Crippen LogP contribution in [-0.2, 0) is 0 Å². The first-order valence-corrected chi connectivity index (χ1v) is 2.15. The quantitative estimate of drug-likeness (QED) is 0.298. The lowest BCUT2D eigenvalue weighted by molar-refractivity contribution is 1.01. The van der Waals surface area contributed by atoms with Crippen molar-refractivity contribution in [1.29, 1.82) is 0 Å². The van der Waals surface area contributed by atoms with Gasteiger partial charge in [-0.15, -0.1) is 0 Å². The Bertz CT molecular complexity index is 135. The molecule has 0 bridgehead atoms. The van der Waals surface area contributed by atoms with E-state index in [0.29, 0.717) is 22.8 Å². The third-order valence-electron chi connectivity index (χ3n) is 1.16. The van der Waals surface area contributed by atoms with Gasteiger partial charge in [-0.1, -0.05) is 0 Å². The van der Waals surface area contributed by atoms with Crippen LogP contribution in [0.25, 0.3) is 0 Å². The molecule has 0 unspecified atom stereocenters. The Morgan fingerprint density at radius 3 is 0.750 bits per heavy atom. The van der Waals surface area contributed by atoms with Crippen LogP contribution >= 0.6 is 0 Å². The molecule has 0 heterocycles. The van der Waals surface area contributed by atoms with Crippen LogP contribution < -0.4 is 22.9 Å². The fourth-order valence-corrected chi connectivity index (χ4v) is 0.518. The van der Waals surface area contributed by atoms with Crippen LogP contribution in [0.4, 0.5) is 0 Å². The fourth-order valence-electron chi connectivity index (χ4n) is 0.518. The van der Waals surface area contributed by atoms with Crippen molar-refractivity contribution in [2.75, 3.05) is 0 Å². The van der Waals surface area contributed by atoms with Gasteiger partial charge in [-0.25, -0.2) is 0 Å². The Morgan fingerprint density at radius 1 is 0.500 bits per heavy atom. The number of rotatable bonds is 0. The predicted molar refractivity (Wildman–Crippen MR) is 30.8 cm³/mol. The maximum absolute atomic E-state index is 5.25. The topological polar surface area (TPSA) is 104 Å². The first-order chi connectivity index (χ1) is 3.64. The van der Waals surface area contributed by atoms with Gasteiger partial charge in [-0.05, 0) is 0 Å². The predicted octanol–water partition coefficient (Wildman–Crippen LogP) is -1.74. The number of hydrogen-bond acceptors (Lipinski definition) is 4. The lowest BCUT2D eigenvalue weighted by Gasteiger charge is -2.18. The molecule has 8 N–H and O–H groups in total. The van der Waals surface area contributed by atoms with Crippen molar-refractivity contribution >= 4 is 0 Å². The van der Waals surface area contributed by atoms with Crippen molar-refractivity contribution < 1.29 is 0 Å². The molecule has 0 amide bonds. The molecule has 1 aliphatic carbocycles. The van der Waals surface area contributed by atoms with E-state index < -0.39 is 0 Å². The van der Waals surface area contributed by atoms with Gasteiger partial charge in [0.15, 0.2) is 0 Å². The zero-order valence-electron chi connectivity index (χ0n) is 4.31. The van der Waals surface area contributed by atoms with E-state index in [1.165, 1.54) is 0 Å². The average molecular weight is 112 g/mol. The van der Waals surface area contributed by atoms with Crippen LogP contribution in [0.3, 0.4) is 0 Å². The second-order valence-electron chi connectivity index (χ2n) is 1.65. The second-order valence-corrected chi connectivity index (χ2v) is 1.65. The van der Waals surface area contributed by atoms with Gasteiger partial charge in [0.2, 0.25) is 0 Å². The monoisotopic (exact) mass is 112 g/mol. The Kier molecular flexibility index (Phi) is 0.658. The van der Waals surface area contributed by atoms with Gasteiger partial charge in [0.25, 0.3) is 0 Å². The summed E-state index contributed by atoms with van der Waals surface area (Å²) in [5.41, 5.74) is 22.7. The first kappa shape index (κ1) is 4.83. The van der Waals surface area contributed by atoms with Crippen molar-refractivity contribution in [3.05, 3.63) is 22.8 Å². The van der Waals surface area contributed by atoms with Gasteiger partial charge < -0.3 is 22.9 Å². The van der Waals surface area contributed by atoms with Gasteiger partial charge in [-0.2, -0.15) is 0 Å². The average Bonchev–Trinajstić information content (AvgIpc) is 1.83. The molecule has 1 rings (SSSR count). The molecule has 0 radical (unpaired) electrons. The maximum Gasteiger partial charge on any atom is 0.0825 e. The highest BCUT2D eigenvalue weighted by Crippen LogP contribution is 2.18. The van der Waals surface area contributed by atoms with Crippen LogP contribution in [0, 0.1) is 0 Å². The van der Waals surface area contributed by atoms with Crippen molar-refractivity contribution in [3.8, 4) is 0 Å². The third kappa shape index (κ3) is 0.294. The minimum absolute atomic E-state index is 0.419. The van der Waals surface area contributed by atoms with E-state index in [0.717, 1.165) is 0 Å². The summed E-state index contributed by atoms with van der Waals surface area (Å²) < 4.78 is 0. The molecule has 0 saturated heterocycles. The van der Waals surface area contributed by atoms with Gasteiger partial charge >= 0.3 is 0 Å². The summed E-state index contributed by atoms with van der Waals surface area (Å²) in [5.74, 6) is 0. The molecule has 0 aromatic heterocycles. The SMILES string of the molecule is NC1=C(N)C(N)=C1N. The molecule has 0 spiro atoms. The largest absolute Gasteiger partial charge is 0.395 e. The molecule has 0 aromatic carbocycles. The van der Waals surface area contributed by atoms with Crippen molar-refractivity contribution in [3.63, 3.8) is 0 Å². The Morgan fingerprint density at radius 2 is 0.625 bits per heavy atom. The second kappa shape index (κ2) is 1.09. The standard InChI is InChI=1S/C4H8N4/c5-1-2(6)4(8)3(1)7/h5-8H2. The summed E-state index contributed by atoms with van der Waals surface area (Å²) in [4.78, 5) is 0. The van der Waals surface area contributed by atoms with Gasteiger partial charge in [0.1, 0.15) is 0 Å². The van der Waals surface area contributed by atoms with E-state index >= 15 is 0 Å². The van der Waals surface area contributed by atoms with Crippen LogP contribution in [-0.4, -0.2) is 0 Å². The van der Waals surface area contributed by atoms with Gasteiger partial charge in [-0.3, -0.25) is 0 Å². The highest BCUT2D eigenvalue weighted by atomic mass is 14.9. The van der Waals surface area contributed by atoms with E-state index in [1.807, 2.05) is 0 Å². The van der Waals surface area contributed by atoms with Crippen LogP contribution in [0.15, 0.2) is 22.8 Å². The lowest BCUT2D eigenvalue weighted by atomic mass is 10.1. The van der Waals surface area contributed by atoms with Crippen LogP contribution in [0.2, 0.25) is 0 Å². The molecule has 0 atom stereocenters. The highest BCUT2D eigenvalue weighted by Gasteiger charge is 2.18. The minimum Gasteiger partial charge on any atom is -0.395 e. The molecule has 8 heavy (non-hydrogen) atoms. The molecule has 0 saturated carbocycles. The summed E-state index contributed by atoms with van der Waals surface area (Å²) >= 11 is 0. The van der Waals surface area contributed by atoms with E-state index in [4.69, 9.17) is 22.9 Å². The summed E-state index contributed by atoms with van der Waals surface area (Å²) in [6.45, 7) is 0. The number of hydrogen-bond donors (Lipinski definition) is 4. The zero-order valence-corrected chi connectivity index (χ0v) is 4.31. The zero-order chi connectivity index (χ0) is 6.31. The molecular weight excluding hydrogens is 104 g/mol. The van der Waals surface area contributed by atoms with Crippen molar-refractivity contribution in [2.24, 2.45) is 22.9 Å². The Hall–Kier alpha value is -1.32. The highest BCUT2D eigenvalue weighted by molar-refractivity contribution is 5.53. The van der Waals surface area contributed by atoms with Crippen LogP contribution in [0.5, 0.6) is 0 Å². The summed E-state index contributed by atoms with van der Waals surface area (Å²) in [5, 5.41) is 0. The summed E-state index contributed by atoms with van der Waals surface area (Å²) in [7, 11) is 0. The molecule has 0 fully saturated rings. The van der Waals surface area contributed by atoms with Crippen LogP contribution in [0.1, 0.15) is 0 Å². The molecule has 4 nitrogen and oxygen atoms in total. The first-order valence-electron chi connectivity index (χ1n) is 2.15. The Labute approximate surface area is 46.8 Å². The maximum atomic E-state index is 5.25. The van der Waals surface area contributed by atoms with Crippen molar-refractivity contribution in [2.45, 2.75) is 0 Å². The third-order valence-corrected chi connectivity index (χ3v) is 1.16. The lowest BCUT2D eigenvalue weighted by Crippen LogP contribution is -2.32. The Balaban J connectivity index is 2.86. The van der Waals surface area contributed by atoms with Gasteiger partial charge in [0, 0.05) is 0 Å². The van der Waals surface area contributed by atoms with E-state index in [1.54, 1.807) is 0 Å². The van der Waals surface area contributed by atoms with Gasteiger partial charge in [0.05, 0.1) is 22.8 Å². The van der Waals surface area contributed by atoms with E-state index in [-0.39, 0.29) is 0 Å². The van der Waals surface area contributed by atoms with E-state index in [9.17, 15) is 0 Å². The normalized spacial score (nSPS) is 19.0. The number of nitrogens with two attached hydrogens (primary N) is 4.